The number of aromatic nitrogens is 2. The zero-order chi connectivity index (χ0) is 12.8. The molecule has 2 rings (SSSR count). The Balaban J connectivity index is 1.83. The molecular formula is C13H15N3OS. The molecule has 18 heavy (non-hydrogen) atoms. The van der Waals surface area contributed by atoms with E-state index in [-0.39, 0.29) is 6.04 Å². The van der Waals surface area contributed by atoms with E-state index in [9.17, 15) is 0 Å². The van der Waals surface area contributed by atoms with Gasteiger partial charge in [-0.2, -0.15) is 0 Å². The van der Waals surface area contributed by atoms with Crippen molar-refractivity contribution < 1.29 is 4.42 Å². The highest BCUT2D eigenvalue weighted by atomic mass is 32.2. The van der Waals surface area contributed by atoms with Crippen LogP contribution < -0.4 is 5.73 Å². The number of hydrogen-bond acceptors (Lipinski definition) is 5. The van der Waals surface area contributed by atoms with Gasteiger partial charge in [-0.25, -0.2) is 0 Å². The van der Waals surface area contributed by atoms with E-state index in [2.05, 4.69) is 34.5 Å². The van der Waals surface area contributed by atoms with E-state index in [4.69, 9.17) is 10.2 Å². The second-order valence-corrected chi connectivity index (χ2v) is 4.79. The van der Waals surface area contributed by atoms with Gasteiger partial charge < -0.3 is 10.2 Å². The number of rotatable bonds is 5. The van der Waals surface area contributed by atoms with Crippen LogP contribution in [0.4, 0.5) is 0 Å². The Hall–Kier alpha value is -1.59. The minimum Gasteiger partial charge on any atom is -0.414 e. The summed E-state index contributed by atoms with van der Waals surface area (Å²) in [6.45, 7) is 1.82. The predicted molar refractivity (Wildman–Crippen MR) is 73.1 cm³/mol. The third kappa shape index (κ3) is 3.72. The monoisotopic (exact) mass is 261 g/mol. The Morgan fingerprint density at radius 2 is 2.11 bits per heavy atom. The first-order valence-corrected chi connectivity index (χ1v) is 6.67. The second-order valence-electron chi connectivity index (χ2n) is 3.82. The van der Waals surface area contributed by atoms with Gasteiger partial charge >= 0.3 is 0 Å². The highest BCUT2D eigenvalue weighted by Gasteiger charge is 2.09. The molecule has 1 aromatic heterocycles. The van der Waals surface area contributed by atoms with Crippen molar-refractivity contribution in [2.24, 2.45) is 5.73 Å². The lowest BCUT2D eigenvalue weighted by Gasteiger charge is -1.94. The summed E-state index contributed by atoms with van der Waals surface area (Å²) in [5.74, 6) is 1.26. The zero-order valence-electron chi connectivity index (χ0n) is 10.1. The van der Waals surface area contributed by atoms with Crippen molar-refractivity contribution in [2.45, 2.75) is 18.2 Å². The third-order valence-electron chi connectivity index (χ3n) is 2.22. The summed E-state index contributed by atoms with van der Waals surface area (Å²) in [6.07, 6.45) is 4.13. The van der Waals surface area contributed by atoms with Crippen LogP contribution >= 0.6 is 11.8 Å². The number of thioether (sulfide) groups is 1. The third-order valence-corrected chi connectivity index (χ3v) is 3.00. The Kier molecular flexibility index (Phi) is 4.55. The second kappa shape index (κ2) is 6.37. The maximum Gasteiger partial charge on any atom is 0.276 e. The van der Waals surface area contributed by atoms with Crippen molar-refractivity contribution >= 4 is 17.8 Å². The molecule has 0 radical (unpaired) electrons. The van der Waals surface area contributed by atoms with Gasteiger partial charge in [0.25, 0.3) is 5.22 Å². The molecule has 0 unspecified atom stereocenters. The van der Waals surface area contributed by atoms with Crippen LogP contribution in [0.2, 0.25) is 0 Å². The smallest absolute Gasteiger partial charge is 0.276 e. The molecule has 2 N–H and O–H groups in total. The van der Waals surface area contributed by atoms with Gasteiger partial charge in [-0.05, 0) is 12.5 Å². The molecule has 4 nitrogen and oxygen atoms in total. The first-order valence-electron chi connectivity index (χ1n) is 5.69. The maximum atomic E-state index is 5.64. The molecule has 1 heterocycles. The van der Waals surface area contributed by atoms with Crippen LogP contribution in [-0.4, -0.2) is 16.0 Å². The largest absolute Gasteiger partial charge is 0.414 e. The number of hydrogen-bond donors (Lipinski definition) is 1. The topological polar surface area (TPSA) is 64.9 Å². The van der Waals surface area contributed by atoms with Crippen molar-refractivity contribution in [1.29, 1.82) is 0 Å². The molecule has 94 valence electrons. The molecule has 0 fully saturated rings. The maximum absolute atomic E-state index is 5.64. The number of nitrogens with zero attached hydrogens (tertiary/aromatic N) is 2. The van der Waals surface area contributed by atoms with Gasteiger partial charge in [0.2, 0.25) is 5.89 Å². The fraction of sp³-hybridized carbons (Fsp3) is 0.231. The van der Waals surface area contributed by atoms with Crippen LogP contribution in [0.15, 0.2) is 46.0 Å². The lowest BCUT2D eigenvalue weighted by molar-refractivity contribution is 0.394. The van der Waals surface area contributed by atoms with Crippen molar-refractivity contribution in [3.05, 3.63) is 47.9 Å². The quantitative estimate of drug-likeness (QED) is 0.838. The minimum atomic E-state index is -0.216. The summed E-state index contributed by atoms with van der Waals surface area (Å²) < 4.78 is 5.38. The van der Waals surface area contributed by atoms with Crippen molar-refractivity contribution in [2.75, 3.05) is 5.75 Å². The molecule has 0 aliphatic carbocycles. The molecule has 0 amide bonds. The van der Waals surface area contributed by atoms with Gasteiger partial charge in [-0.3, -0.25) is 0 Å². The highest BCUT2D eigenvalue weighted by molar-refractivity contribution is 7.99. The lowest BCUT2D eigenvalue weighted by Crippen LogP contribution is -2.04. The fourth-order valence-corrected chi connectivity index (χ4v) is 1.91. The Labute approximate surface area is 110 Å². The van der Waals surface area contributed by atoms with Gasteiger partial charge in [0.15, 0.2) is 0 Å². The average Bonchev–Trinajstić information content (AvgIpc) is 2.85. The molecule has 5 heteroatoms. The van der Waals surface area contributed by atoms with E-state index in [1.54, 1.807) is 0 Å². The van der Waals surface area contributed by atoms with Gasteiger partial charge in [0.1, 0.15) is 0 Å². The Morgan fingerprint density at radius 3 is 2.78 bits per heavy atom. The molecule has 0 saturated carbocycles. The van der Waals surface area contributed by atoms with Crippen LogP contribution in [0.1, 0.15) is 24.4 Å². The van der Waals surface area contributed by atoms with Crippen LogP contribution in [0, 0.1) is 0 Å². The van der Waals surface area contributed by atoms with Gasteiger partial charge in [0, 0.05) is 5.75 Å². The first kappa shape index (κ1) is 12.9. The summed E-state index contributed by atoms with van der Waals surface area (Å²) >= 11 is 1.50. The number of benzene rings is 1. The summed E-state index contributed by atoms with van der Waals surface area (Å²) in [5, 5.41) is 8.34. The molecular weight excluding hydrogens is 246 g/mol. The molecule has 0 aliphatic heterocycles. The molecule has 2 aromatic rings. The van der Waals surface area contributed by atoms with E-state index in [1.807, 2.05) is 25.1 Å². The van der Waals surface area contributed by atoms with E-state index < -0.39 is 0 Å². The molecule has 1 aromatic carbocycles. The summed E-state index contributed by atoms with van der Waals surface area (Å²) in [7, 11) is 0. The van der Waals surface area contributed by atoms with Crippen LogP contribution in [0.3, 0.4) is 0 Å². The fourth-order valence-electron chi connectivity index (χ4n) is 1.33. The first-order chi connectivity index (χ1) is 8.75. The van der Waals surface area contributed by atoms with E-state index in [0.717, 1.165) is 5.75 Å². The lowest BCUT2D eigenvalue weighted by atomic mass is 10.2. The van der Waals surface area contributed by atoms with Crippen molar-refractivity contribution in [1.82, 2.24) is 10.2 Å². The average molecular weight is 261 g/mol. The van der Waals surface area contributed by atoms with Crippen molar-refractivity contribution in [3.8, 4) is 0 Å². The predicted octanol–water partition coefficient (Wildman–Crippen LogP) is 2.89. The molecule has 0 saturated heterocycles. The zero-order valence-corrected chi connectivity index (χ0v) is 10.9. The van der Waals surface area contributed by atoms with Crippen LogP contribution in [0.25, 0.3) is 6.08 Å². The number of nitrogens with two attached hydrogens (primary N) is 1. The normalized spacial score (nSPS) is 13.0. The SMILES string of the molecule is C[C@H](N)c1nnc(SC/C=C/c2ccccc2)o1. The van der Waals surface area contributed by atoms with E-state index >= 15 is 0 Å². The molecule has 0 bridgehead atoms. The molecule has 0 spiro atoms. The summed E-state index contributed by atoms with van der Waals surface area (Å²) in [5.41, 5.74) is 6.82. The van der Waals surface area contributed by atoms with Gasteiger partial charge in [0.05, 0.1) is 6.04 Å². The van der Waals surface area contributed by atoms with E-state index in [1.165, 1.54) is 17.3 Å². The Morgan fingerprint density at radius 1 is 1.33 bits per heavy atom. The van der Waals surface area contributed by atoms with Gasteiger partial charge in [-0.15, -0.1) is 10.2 Å². The standard InChI is InChI=1S/C13H15N3OS/c1-10(14)12-15-16-13(17-12)18-9-5-8-11-6-3-2-4-7-11/h2-8,10H,9,14H2,1H3/b8-5+/t10-/m0/s1. The minimum absolute atomic E-state index is 0.216. The van der Waals surface area contributed by atoms with Gasteiger partial charge in [-0.1, -0.05) is 54.2 Å². The molecule has 1 atom stereocenters. The van der Waals surface area contributed by atoms with Crippen molar-refractivity contribution in [3.63, 3.8) is 0 Å². The van der Waals surface area contributed by atoms with Crippen LogP contribution in [-0.2, 0) is 0 Å². The van der Waals surface area contributed by atoms with Crippen LogP contribution in [0.5, 0.6) is 0 Å². The summed E-state index contributed by atoms with van der Waals surface area (Å²) in [4.78, 5) is 0. The summed E-state index contributed by atoms with van der Waals surface area (Å²) in [6, 6.07) is 9.93. The highest BCUT2D eigenvalue weighted by Crippen LogP contribution is 2.18. The Bertz CT molecular complexity index is 508. The molecule has 0 aliphatic rings. The van der Waals surface area contributed by atoms with E-state index in [0.29, 0.717) is 11.1 Å².